The number of aromatic nitrogens is 2. The SMILES string of the molecule is O=C(CSc1nnc(SCc2ccccc2Cl)s1)N/N=C\C=C\c1ccco1. The minimum Gasteiger partial charge on any atom is -0.465 e. The monoisotopic (exact) mass is 450 g/mol. The quantitative estimate of drug-likeness (QED) is 0.281. The molecular weight excluding hydrogens is 436 g/mol. The van der Waals surface area contributed by atoms with E-state index < -0.39 is 0 Å². The number of halogens is 1. The molecule has 6 nitrogen and oxygen atoms in total. The van der Waals surface area contributed by atoms with Crippen LogP contribution in [0.4, 0.5) is 0 Å². The molecule has 0 radical (unpaired) electrons. The molecule has 0 unspecified atom stereocenters. The summed E-state index contributed by atoms with van der Waals surface area (Å²) in [5.74, 6) is 1.43. The maximum atomic E-state index is 11.8. The Morgan fingerprint density at radius 2 is 2.04 bits per heavy atom. The summed E-state index contributed by atoms with van der Waals surface area (Å²) in [5, 5.41) is 12.8. The minimum atomic E-state index is -0.215. The Morgan fingerprint density at radius 1 is 1.21 bits per heavy atom. The van der Waals surface area contributed by atoms with E-state index >= 15 is 0 Å². The molecule has 144 valence electrons. The van der Waals surface area contributed by atoms with Gasteiger partial charge >= 0.3 is 0 Å². The standard InChI is InChI=1S/C18H15ClN4O2S3/c19-15-8-2-1-5-13(15)11-26-17-22-23-18(28-17)27-12-16(24)21-20-9-3-6-14-7-4-10-25-14/h1-10H,11-12H2,(H,21,24)/b6-3+,20-9-. The second-order valence-electron chi connectivity index (χ2n) is 5.19. The molecule has 0 saturated carbocycles. The molecule has 3 aromatic rings. The van der Waals surface area contributed by atoms with Gasteiger partial charge < -0.3 is 4.42 Å². The number of thioether (sulfide) groups is 2. The highest BCUT2D eigenvalue weighted by molar-refractivity contribution is 8.03. The molecule has 2 heterocycles. The summed E-state index contributed by atoms with van der Waals surface area (Å²) in [6.07, 6.45) is 6.50. The molecule has 10 heteroatoms. The number of hydrogen-bond donors (Lipinski definition) is 1. The first-order chi connectivity index (χ1) is 13.7. The van der Waals surface area contributed by atoms with E-state index in [9.17, 15) is 4.79 Å². The summed E-state index contributed by atoms with van der Waals surface area (Å²) < 4.78 is 6.71. The lowest BCUT2D eigenvalue weighted by Crippen LogP contribution is -2.19. The second-order valence-corrected chi connectivity index (χ2v) is 9.02. The lowest BCUT2D eigenvalue weighted by Gasteiger charge is -2.00. The van der Waals surface area contributed by atoms with Crippen LogP contribution in [-0.4, -0.2) is 28.1 Å². The van der Waals surface area contributed by atoms with Gasteiger partial charge in [0.2, 0.25) is 0 Å². The Bertz CT molecular complexity index is 957. The zero-order valence-corrected chi connectivity index (χ0v) is 17.7. The molecule has 0 saturated heterocycles. The van der Waals surface area contributed by atoms with E-state index in [0.29, 0.717) is 5.76 Å². The molecule has 0 fully saturated rings. The lowest BCUT2D eigenvalue weighted by molar-refractivity contribution is -0.118. The predicted octanol–water partition coefficient (Wildman–Crippen LogP) is 4.98. The topological polar surface area (TPSA) is 80.4 Å². The van der Waals surface area contributed by atoms with Crippen molar-refractivity contribution >= 4 is 64.7 Å². The van der Waals surface area contributed by atoms with Crippen molar-refractivity contribution in [3.63, 3.8) is 0 Å². The molecule has 1 aromatic carbocycles. The summed E-state index contributed by atoms with van der Waals surface area (Å²) in [6.45, 7) is 0. The smallest absolute Gasteiger partial charge is 0.250 e. The van der Waals surface area contributed by atoms with Crippen molar-refractivity contribution in [3.05, 3.63) is 65.1 Å². The van der Waals surface area contributed by atoms with Crippen molar-refractivity contribution in [1.82, 2.24) is 15.6 Å². The van der Waals surface area contributed by atoms with Crippen molar-refractivity contribution in [2.75, 3.05) is 5.75 Å². The van der Waals surface area contributed by atoms with Crippen LogP contribution in [0.5, 0.6) is 0 Å². The summed E-state index contributed by atoms with van der Waals surface area (Å²) in [7, 11) is 0. The number of hydrazone groups is 1. The molecule has 0 atom stereocenters. The second kappa shape index (κ2) is 11.1. The highest BCUT2D eigenvalue weighted by Gasteiger charge is 2.09. The van der Waals surface area contributed by atoms with Crippen molar-refractivity contribution < 1.29 is 9.21 Å². The predicted molar refractivity (Wildman–Crippen MR) is 116 cm³/mol. The van der Waals surface area contributed by atoms with Crippen LogP contribution in [0, 0.1) is 0 Å². The Balaban J connectivity index is 1.37. The van der Waals surface area contributed by atoms with Crippen LogP contribution >= 0.6 is 46.5 Å². The number of allylic oxidation sites excluding steroid dienone is 1. The highest BCUT2D eigenvalue weighted by Crippen LogP contribution is 2.32. The third kappa shape index (κ3) is 6.83. The molecular formula is C18H15ClN4O2S3. The number of benzene rings is 1. The van der Waals surface area contributed by atoms with Gasteiger partial charge in [-0.1, -0.05) is 64.7 Å². The molecule has 0 aliphatic rings. The van der Waals surface area contributed by atoms with Gasteiger partial charge in [-0.3, -0.25) is 4.79 Å². The maximum absolute atomic E-state index is 11.8. The number of hydrogen-bond acceptors (Lipinski definition) is 8. The van der Waals surface area contributed by atoms with Gasteiger partial charge in [0.25, 0.3) is 5.91 Å². The lowest BCUT2D eigenvalue weighted by atomic mass is 10.2. The van der Waals surface area contributed by atoms with Crippen molar-refractivity contribution in [1.29, 1.82) is 0 Å². The van der Waals surface area contributed by atoms with E-state index in [1.54, 1.807) is 36.2 Å². The highest BCUT2D eigenvalue weighted by atomic mass is 35.5. The van der Waals surface area contributed by atoms with E-state index in [1.165, 1.54) is 29.3 Å². The van der Waals surface area contributed by atoms with Crippen molar-refractivity contribution in [2.24, 2.45) is 5.10 Å². The largest absolute Gasteiger partial charge is 0.465 e. The van der Waals surface area contributed by atoms with Crippen molar-refractivity contribution in [3.8, 4) is 0 Å². The fourth-order valence-electron chi connectivity index (χ4n) is 1.90. The third-order valence-electron chi connectivity index (χ3n) is 3.18. The van der Waals surface area contributed by atoms with Crippen LogP contribution in [-0.2, 0) is 10.5 Å². The fourth-order valence-corrected chi connectivity index (χ4v) is 5.00. The van der Waals surface area contributed by atoms with E-state index in [2.05, 4.69) is 20.7 Å². The molecule has 1 N–H and O–H groups in total. The molecule has 1 amide bonds. The van der Waals surface area contributed by atoms with E-state index in [4.69, 9.17) is 16.0 Å². The van der Waals surface area contributed by atoms with Gasteiger partial charge in [-0.15, -0.1) is 10.2 Å². The van der Waals surface area contributed by atoms with Gasteiger partial charge in [0, 0.05) is 17.0 Å². The number of nitrogens with one attached hydrogen (secondary N) is 1. The van der Waals surface area contributed by atoms with Gasteiger partial charge in [-0.25, -0.2) is 5.43 Å². The van der Waals surface area contributed by atoms with Crippen LogP contribution in [0.2, 0.25) is 5.02 Å². The molecule has 0 aliphatic carbocycles. The number of furan rings is 1. The summed E-state index contributed by atoms with van der Waals surface area (Å²) >= 11 is 10.5. The van der Waals surface area contributed by atoms with Crippen LogP contribution < -0.4 is 5.43 Å². The van der Waals surface area contributed by atoms with Crippen LogP contribution in [0.15, 0.2) is 66.9 Å². The number of rotatable bonds is 9. The maximum Gasteiger partial charge on any atom is 0.250 e. The molecule has 0 bridgehead atoms. The van der Waals surface area contributed by atoms with Gasteiger partial charge in [0.1, 0.15) is 5.76 Å². The normalized spacial score (nSPS) is 11.5. The van der Waals surface area contributed by atoms with Crippen LogP contribution in [0.1, 0.15) is 11.3 Å². The van der Waals surface area contributed by atoms with Crippen LogP contribution in [0.3, 0.4) is 0 Å². The molecule has 2 aromatic heterocycles. The average molecular weight is 451 g/mol. The van der Waals surface area contributed by atoms with Gasteiger partial charge in [-0.2, -0.15) is 5.10 Å². The van der Waals surface area contributed by atoms with Crippen molar-refractivity contribution in [2.45, 2.75) is 14.4 Å². The zero-order valence-electron chi connectivity index (χ0n) is 14.4. The summed E-state index contributed by atoms with van der Waals surface area (Å²) in [4.78, 5) is 11.8. The number of carbonyl (C=O) groups is 1. The number of carbonyl (C=O) groups excluding carboxylic acids is 1. The molecule has 0 aliphatic heterocycles. The first-order valence-corrected chi connectivity index (χ1v) is 11.2. The van der Waals surface area contributed by atoms with E-state index in [-0.39, 0.29) is 11.7 Å². The Hall–Kier alpha value is -2.07. The minimum absolute atomic E-state index is 0.211. The van der Waals surface area contributed by atoms with E-state index in [1.807, 2.05) is 30.3 Å². The van der Waals surface area contributed by atoms with E-state index in [0.717, 1.165) is 25.0 Å². The third-order valence-corrected chi connectivity index (χ3v) is 6.78. The Kier molecular flexibility index (Phi) is 8.16. The number of amides is 1. The first-order valence-electron chi connectivity index (χ1n) is 8.05. The molecule has 28 heavy (non-hydrogen) atoms. The Labute approximate surface area is 179 Å². The molecule has 0 spiro atoms. The number of nitrogens with zero attached hydrogens (tertiary/aromatic N) is 3. The zero-order chi connectivity index (χ0) is 19.6. The Morgan fingerprint density at radius 3 is 2.82 bits per heavy atom. The van der Waals surface area contributed by atoms with Gasteiger partial charge in [-0.05, 0) is 35.9 Å². The summed E-state index contributed by atoms with van der Waals surface area (Å²) in [5.41, 5.74) is 3.51. The van der Waals surface area contributed by atoms with Crippen LogP contribution in [0.25, 0.3) is 6.08 Å². The average Bonchev–Trinajstić information content (AvgIpc) is 3.37. The summed E-state index contributed by atoms with van der Waals surface area (Å²) in [6, 6.07) is 11.3. The van der Waals surface area contributed by atoms with Gasteiger partial charge in [0.05, 0.1) is 12.0 Å². The first kappa shape index (κ1) is 20.7. The fraction of sp³-hybridized carbons (Fsp3) is 0.111. The van der Waals surface area contributed by atoms with Gasteiger partial charge in [0.15, 0.2) is 8.68 Å². The molecule has 3 rings (SSSR count).